The van der Waals surface area contributed by atoms with Gasteiger partial charge in [0.1, 0.15) is 5.75 Å². The minimum Gasteiger partial charge on any atom is -0.508 e. The smallest absolute Gasteiger partial charge is 0.271 e. The van der Waals surface area contributed by atoms with Crippen molar-refractivity contribution in [2.45, 2.75) is 4.90 Å². The van der Waals surface area contributed by atoms with E-state index < -0.39 is 11.8 Å². The van der Waals surface area contributed by atoms with Crippen LogP contribution in [-0.2, 0) is 0 Å². The predicted molar refractivity (Wildman–Crippen MR) is 86.3 cm³/mol. The number of thioether (sulfide) groups is 1. The topological polar surface area (TPSA) is 78.4 Å². The number of carbonyl (C=O) groups excluding carboxylic acids is 2. The molecule has 0 fully saturated rings. The van der Waals surface area contributed by atoms with Crippen LogP contribution < -0.4 is 10.9 Å². The van der Waals surface area contributed by atoms with Crippen LogP contribution in [0.15, 0.2) is 47.4 Å². The van der Waals surface area contributed by atoms with Gasteiger partial charge in [-0.15, -0.1) is 11.8 Å². The van der Waals surface area contributed by atoms with Crippen LogP contribution >= 0.6 is 23.4 Å². The maximum atomic E-state index is 12.1. The van der Waals surface area contributed by atoms with Gasteiger partial charge in [-0.2, -0.15) is 0 Å². The van der Waals surface area contributed by atoms with Crippen LogP contribution in [0, 0.1) is 0 Å². The lowest BCUT2D eigenvalue weighted by Crippen LogP contribution is -2.41. The van der Waals surface area contributed by atoms with Crippen LogP contribution in [0.2, 0.25) is 5.02 Å². The molecule has 2 rings (SSSR count). The fourth-order valence-corrected chi connectivity index (χ4v) is 2.35. The van der Waals surface area contributed by atoms with Gasteiger partial charge in [-0.1, -0.05) is 17.7 Å². The molecule has 114 valence electrons. The summed E-state index contributed by atoms with van der Waals surface area (Å²) in [5.74, 6) is -1.09. The van der Waals surface area contributed by atoms with Crippen LogP contribution in [0.25, 0.3) is 0 Å². The molecular formula is C15H13ClN2O3S. The number of benzene rings is 2. The Labute approximate surface area is 136 Å². The molecule has 0 saturated heterocycles. The second-order valence-electron chi connectivity index (χ2n) is 4.30. The van der Waals surface area contributed by atoms with Crippen molar-refractivity contribution in [1.29, 1.82) is 0 Å². The summed E-state index contributed by atoms with van der Waals surface area (Å²) in [7, 11) is 0. The van der Waals surface area contributed by atoms with E-state index in [-0.39, 0.29) is 16.9 Å². The first-order chi connectivity index (χ1) is 10.5. The number of rotatable bonds is 3. The van der Waals surface area contributed by atoms with Crippen molar-refractivity contribution >= 4 is 35.2 Å². The van der Waals surface area contributed by atoms with Crippen LogP contribution in [-0.4, -0.2) is 23.2 Å². The highest BCUT2D eigenvalue weighted by molar-refractivity contribution is 7.98. The summed E-state index contributed by atoms with van der Waals surface area (Å²) in [6.45, 7) is 0. The van der Waals surface area contributed by atoms with Gasteiger partial charge in [0.25, 0.3) is 11.8 Å². The maximum Gasteiger partial charge on any atom is 0.271 e. The maximum absolute atomic E-state index is 12.1. The number of phenols is 1. The second kappa shape index (κ2) is 7.20. The van der Waals surface area contributed by atoms with Crippen LogP contribution in [0.1, 0.15) is 20.7 Å². The lowest BCUT2D eigenvalue weighted by atomic mass is 10.2. The number of aromatic hydroxyl groups is 1. The Kier molecular flexibility index (Phi) is 5.30. The molecule has 5 nitrogen and oxygen atoms in total. The van der Waals surface area contributed by atoms with E-state index in [1.807, 2.05) is 6.26 Å². The molecule has 0 heterocycles. The normalized spacial score (nSPS) is 10.1. The van der Waals surface area contributed by atoms with E-state index >= 15 is 0 Å². The lowest BCUT2D eigenvalue weighted by Gasteiger charge is -2.09. The third-order valence-corrected chi connectivity index (χ3v) is 3.87. The second-order valence-corrected chi connectivity index (χ2v) is 5.59. The van der Waals surface area contributed by atoms with Gasteiger partial charge in [0.05, 0.1) is 10.6 Å². The number of phenolic OH excluding ortho intramolecular Hbond substituents is 1. The first-order valence-electron chi connectivity index (χ1n) is 6.24. The van der Waals surface area contributed by atoms with E-state index in [1.54, 1.807) is 18.2 Å². The molecule has 0 bridgehead atoms. The standard InChI is InChI=1S/C15H13ClN2O3S/c1-22-11-5-6-13(16)12(8-11)15(21)18-17-14(20)9-3-2-4-10(19)7-9/h2-8,19H,1H3,(H,17,20)(H,18,21). The van der Waals surface area contributed by atoms with Gasteiger partial charge in [-0.3, -0.25) is 20.4 Å². The molecule has 0 aliphatic carbocycles. The quantitative estimate of drug-likeness (QED) is 0.595. The average molecular weight is 337 g/mol. The van der Waals surface area contributed by atoms with Gasteiger partial charge in [0, 0.05) is 10.5 Å². The molecule has 0 spiro atoms. The monoisotopic (exact) mass is 336 g/mol. The molecular weight excluding hydrogens is 324 g/mol. The highest BCUT2D eigenvalue weighted by atomic mass is 35.5. The summed E-state index contributed by atoms with van der Waals surface area (Å²) >= 11 is 7.46. The van der Waals surface area contributed by atoms with Gasteiger partial charge in [0.2, 0.25) is 0 Å². The van der Waals surface area contributed by atoms with Crippen LogP contribution in [0.5, 0.6) is 5.75 Å². The van der Waals surface area contributed by atoms with Gasteiger partial charge < -0.3 is 5.11 Å². The Morgan fingerprint density at radius 1 is 1.09 bits per heavy atom. The minimum atomic E-state index is -0.540. The van der Waals surface area contributed by atoms with Gasteiger partial charge in [-0.25, -0.2) is 0 Å². The molecule has 7 heteroatoms. The van der Waals surface area contributed by atoms with E-state index in [0.717, 1.165) is 4.90 Å². The summed E-state index contributed by atoms with van der Waals surface area (Å²) in [6.07, 6.45) is 1.88. The van der Waals surface area contributed by atoms with Crippen molar-refractivity contribution in [3.63, 3.8) is 0 Å². The van der Waals surface area contributed by atoms with Crippen molar-refractivity contribution in [3.05, 3.63) is 58.6 Å². The third-order valence-electron chi connectivity index (χ3n) is 2.82. The fourth-order valence-electron chi connectivity index (χ4n) is 1.71. The minimum absolute atomic E-state index is 0.0327. The number of hydrazine groups is 1. The number of hydrogen-bond donors (Lipinski definition) is 3. The first-order valence-corrected chi connectivity index (χ1v) is 7.85. The number of nitrogens with one attached hydrogen (secondary N) is 2. The zero-order valence-electron chi connectivity index (χ0n) is 11.6. The third kappa shape index (κ3) is 3.93. The summed E-state index contributed by atoms with van der Waals surface area (Å²) in [4.78, 5) is 24.8. The lowest BCUT2D eigenvalue weighted by molar-refractivity contribution is 0.0846. The van der Waals surface area contributed by atoms with Gasteiger partial charge in [0.15, 0.2) is 0 Å². The molecule has 0 saturated carbocycles. The average Bonchev–Trinajstić information content (AvgIpc) is 2.52. The van der Waals surface area contributed by atoms with Gasteiger partial charge in [-0.05, 0) is 42.7 Å². The van der Waals surface area contributed by atoms with E-state index in [1.165, 1.54) is 36.0 Å². The number of hydrogen-bond acceptors (Lipinski definition) is 4. The van der Waals surface area contributed by atoms with E-state index in [9.17, 15) is 14.7 Å². The molecule has 2 aromatic rings. The van der Waals surface area contributed by atoms with E-state index in [0.29, 0.717) is 5.02 Å². The predicted octanol–water partition coefficient (Wildman–Crippen LogP) is 2.84. The van der Waals surface area contributed by atoms with E-state index in [2.05, 4.69) is 10.9 Å². The Hall–Kier alpha value is -2.18. The molecule has 0 atom stereocenters. The molecule has 0 radical (unpaired) electrons. The van der Waals surface area contributed by atoms with Crippen molar-refractivity contribution in [2.75, 3.05) is 6.26 Å². The summed E-state index contributed by atoms with van der Waals surface area (Å²) < 4.78 is 0. The van der Waals surface area contributed by atoms with E-state index in [4.69, 9.17) is 11.6 Å². The number of carbonyl (C=O) groups is 2. The van der Waals surface area contributed by atoms with Crippen molar-refractivity contribution in [1.82, 2.24) is 10.9 Å². The molecule has 0 unspecified atom stereocenters. The van der Waals surface area contributed by atoms with Gasteiger partial charge >= 0.3 is 0 Å². The summed E-state index contributed by atoms with van der Waals surface area (Å²) in [5, 5.41) is 9.62. The Morgan fingerprint density at radius 2 is 1.82 bits per heavy atom. The number of amides is 2. The SMILES string of the molecule is CSc1ccc(Cl)c(C(=O)NNC(=O)c2cccc(O)c2)c1. The highest BCUT2D eigenvalue weighted by Crippen LogP contribution is 2.22. The highest BCUT2D eigenvalue weighted by Gasteiger charge is 2.13. The molecule has 0 aliphatic heterocycles. The van der Waals surface area contributed by atoms with Crippen molar-refractivity contribution in [2.24, 2.45) is 0 Å². The van der Waals surface area contributed by atoms with Crippen LogP contribution in [0.3, 0.4) is 0 Å². The van der Waals surface area contributed by atoms with Crippen LogP contribution in [0.4, 0.5) is 0 Å². The molecule has 0 aliphatic rings. The Morgan fingerprint density at radius 3 is 2.50 bits per heavy atom. The summed E-state index contributed by atoms with van der Waals surface area (Å²) in [5.41, 5.74) is 5.06. The fraction of sp³-hybridized carbons (Fsp3) is 0.0667. The molecule has 22 heavy (non-hydrogen) atoms. The first kappa shape index (κ1) is 16.2. The molecule has 2 amide bonds. The summed E-state index contributed by atoms with van der Waals surface area (Å²) in [6, 6.07) is 10.9. The number of halogens is 1. The van der Waals surface area contributed by atoms with Crippen molar-refractivity contribution < 1.29 is 14.7 Å². The Balaban J connectivity index is 2.05. The zero-order chi connectivity index (χ0) is 16.1. The van der Waals surface area contributed by atoms with Crippen molar-refractivity contribution in [3.8, 4) is 5.75 Å². The molecule has 3 N–H and O–H groups in total. The zero-order valence-corrected chi connectivity index (χ0v) is 13.2. The molecule has 0 aromatic heterocycles. The largest absolute Gasteiger partial charge is 0.508 e. The molecule has 2 aromatic carbocycles. The Bertz CT molecular complexity index is 722.